The molecule has 0 spiro atoms. The molecule has 0 aliphatic carbocycles. The second kappa shape index (κ2) is 11.3. The number of unbranched alkanes of at least 4 members (excludes halogenated alkanes) is 1. The zero-order chi connectivity index (χ0) is 20.4. The Morgan fingerprint density at radius 1 is 1.18 bits per heavy atom. The Morgan fingerprint density at radius 2 is 1.93 bits per heavy atom. The fourth-order valence-electron chi connectivity index (χ4n) is 2.35. The highest BCUT2D eigenvalue weighted by atomic mass is 32.2. The van der Waals surface area contributed by atoms with Crippen LogP contribution in [0.5, 0.6) is 0 Å². The fourth-order valence-corrected chi connectivity index (χ4v) is 3.04. The van der Waals surface area contributed by atoms with E-state index < -0.39 is 0 Å². The molecule has 28 heavy (non-hydrogen) atoms. The molecule has 0 aliphatic heterocycles. The number of thioether (sulfide) groups is 1. The quantitative estimate of drug-likeness (QED) is 0.273. The van der Waals surface area contributed by atoms with Crippen LogP contribution in [-0.2, 0) is 16.0 Å². The summed E-state index contributed by atoms with van der Waals surface area (Å²) < 4.78 is 5.15. The second-order valence-electron chi connectivity index (χ2n) is 6.20. The minimum Gasteiger partial charge on any atom is -0.462 e. The third-order valence-corrected chi connectivity index (χ3v) is 4.63. The lowest BCUT2D eigenvalue weighted by Gasteiger charge is -2.07. The number of aromatic amines is 1. The van der Waals surface area contributed by atoms with Crippen LogP contribution in [0.2, 0.25) is 0 Å². The number of nitrogens with zero attached hydrogens (tertiary/aromatic N) is 1. The number of amides is 1. The monoisotopic (exact) mass is 403 g/mol. The molecule has 0 radical (unpaired) electrons. The van der Waals surface area contributed by atoms with Crippen LogP contribution >= 0.6 is 11.8 Å². The van der Waals surface area contributed by atoms with Gasteiger partial charge in [0.1, 0.15) is 0 Å². The first-order chi connectivity index (χ1) is 13.5. The van der Waals surface area contributed by atoms with Crippen LogP contribution in [-0.4, -0.2) is 34.2 Å². The first kappa shape index (κ1) is 21.7. The van der Waals surface area contributed by atoms with E-state index in [-0.39, 0.29) is 23.2 Å². The van der Waals surface area contributed by atoms with E-state index in [4.69, 9.17) is 4.74 Å². The van der Waals surface area contributed by atoms with E-state index in [1.54, 1.807) is 24.3 Å². The summed E-state index contributed by atoms with van der Waals surface area (Å²) in [7, 11) is 0. The zero-order valence-corrected chi connectivity index (χ0v) is 16.9. The van der Waals surface area contributed by atoms with Crippen molar-refractivity contribution in [1.82, 2.24) is 9.97 Å². The molecule has 0 atom stereocenters. The highest BCUT2D eigenvalue weighted by Gasteiger charge is 2.09. The lowest BCUT2D eigenvalue weighted by atomic mass is 10.2. The summed E-state index contributed by atoms with van der Waals surface area (Å²) >= 11 is 1.17. The van der Waals surface area contributed by atoms with Gasteiger partial charge in [0, 0.05) is 17.4 Å². The Labute approximate surface area is 168 Å². The lowest BCUT2D eigenvalue weighted by Crippen LogP contribution is -2.16. The van der Waals surface area contributed by atoms with Crippen molar-refractivity contribution in [2.45, 2.75) is 44.7 Å². The van der Waals surface area contributed by atoms with Crippen LogP contribution in [0.4, 0.5) is 5.69 Å². The van der Waals surface area contributed by atoms with Gasteiger partial charge in [-0.3, -0.25) is 9.59 Å². The van der Waals surface area contributed by atoms with Crippen molar-refractivity contribution in [2.24, 2.45) is 0 Å². The average Bonchev–Trinajstić information content (AvgIpc) is 2.67. The van der Waals surface area contributed by atoms with Crippen LogP contribution in [0.1, 0.15) is 49.2 Å². The van der Waals surface area contributed by atoms with E-state index in [0.717, 1.165) is 31.4 Å². The maximum absolute atomic E-state index is 12.1. The van der Waals surface area contributed by atoms with Gasteiger partial charge in [-0.1, -0.05) is 38.5 Å². The van der Waals surface area contributed by atoms with Gasteiger partial charge in [0.15, 0.2) is 5.16 Å². The molecule has 0 saturated carbocycles. The topological polar surface area (TPSA) is 101 Å². The Balaban J connectivity index is 1.86. The van der Waals surface area contributed by atoms with Crippen LogP contribution in [0, 0.1) is 0 Å². The van der Waals surface area contributed by atoms with Gasteiger partial charge in [0.2, 0.25) is 5.91 Å². The van der Waals surface area contributed by atoms with Crippen molar-refractivity contribution < 1.29 is 14.3 Å². The van der Waals surface area contributed by atoms with Crippen molar-refractivity contribution in [1.29, 1.82) is 0 Å². The third-order valence-electron chi connectivity index (χ3n) is 3.75. The number of benzene rings is 1. The van der Waals surface area contributed by atoms with Crippen LogP contribution in [0.15, 0.2) is 40.3 Å². The number of nitrogens with one attached hydrogen (secondary N) is 2. The number of carbonyl (C=O) groups excluding carboxylic acids is 2. The molecule has 1 aromatic heterocycles. The van der Waals surface area contributed by atoms with Crippen LogP contribution in [0.3, 0.4) is 0 Å². The molecule has 7 nitrogen and oxygen atoms in total. The number of H-pyrrole nitrogens is 1. The number of anilines is 1. The first-order valence-corrected chi connectivity index (χ1v) is 10.3. The molecule has 150 valence electrons. The molecule has 0 fully saturated rings. The number of hydrogen-bond donors (Lipinski definition) is 2. The minimum absolute atomic E-state index is 0.110. The number of rotatable bonds is 10. The standard InChI is InChI=1S/C20H25N3O4S/c1-3-5-11-27-19(26)14-7-9-15(10-8-14)21-18(25)13-28-20-22-16(6-4-2)12-17(24)23-20/h7-10,12H,3-6,11,13H2,1-2H3,(H,21,25)(H,22,23,24). The summed E-state index contributed by atoms with van der Waals surface area (Å²) in [5.74, 6) is -0.491. The molecule has 2 N–H and O–H groups in total. The summed E-state index contributed by atoms with van der Waals surface area (Å²) in [6, 6.07) is 8.01. The Morgan fingerprint density at radius 3 is 2.61 bits per heavy atom. The maximum atomic E-state index is 12.1. The summed E-state index contributed by atoms with van der Waals surface area (Å²) in [6.45, 7) is 4.44. The van der Waals surface area contributed by atoms with Crippen LogP contribution < -0.4 is 10.9 Å². The zero-order valence-electron chi connectivity index (χ0n) is 16.1. The highest BCUT2D eigenvalue weighted by Crippen LogP contribution is 2.15. The number of aromatic nitrogens is 2. The Kier molecular flexibility index (Phi) is 8.74. The Bertz CT molecular complexity index is 849. The predicted octanol–water partition coefficient (Wildman–Crippen LogP) is 3.41. The van der Waals surface area contributed by atoms with Gasteiger partial charge in [-0.05, 0) is 37.1 Å². The van der Waals surface area contributed by atoms with Gasteiger partial charge < -0.3 is 15.0 Å². The molecule has 1 heterocycles. The molecule has 0 saturated heterocycles. The van der Waals surface area contributed by atoms with Gasteiger partial charge in [0.25, 0.3) is 5.56 Å². The largest absolute Gasteiger partial charge is 0.462 e. The number of esters is 1. The summed E-state index contributed by atoms with van der Waals surface area (Å²) in [5.41, 5.74) is 1.52. The minimum atomic E-state index is -0.371. The third kappa shape index (κ3) is 7.19. The molecule has 2 rings (SSSR count). The molecule has 8 heteroatoms. The molecule has 0 aliphatic rings. The van der Waals surface area contributed by atoms with E-state index in [9.17, 15) is 14.4 Å². The van der Waals surface area contributed by atoms with E-state index in [1.165, 1.54) is 17.8 Å². The number of aryl methyl sites for hydroxylation is 1. The molecular weight excluding hydrogens is 378 g/mol. The lowest BCUT2D eigenvalue weighted by molar-refractivity contribution is -0.113. The highest BCUT2D eigenvalue weighted by molar-refractivity contribution is 7.99. The van der Waals surface area contributed by atoms with Crippen molar-refractivity contribution in [3.63, 3.8) is 0 Å². The second-order valence-corrected chi connectivity index (χ2v) is 7.16. The van der Waals surface area contributed by atoms with Gasteiger partial charge in [-0.2, -0.15) is 0 Å². The van der Waals surface area contributed by atoms with Crippen molar-refractivity contribution in [2.75, 3.05) is 17.7 Å². The van der Waals surface area contributed by atoms with Gasteiger partial charge in [-0.15, -0.1) is 0 Å². The number of ether oxygens (including phenoxy) is 1. The van der Waals surface area contributed by atoms with E-state index >= 15 is 0 Å². The Hall–Kier alpha value is -2.61. The molecule has 0 unspecified atom stereocenters. The van der Waals surface area contributed by atoms with Gasteiger partial charge in [-0.25, -0.2) is 9.78 Å². The van der Waals surface area contributed by atoms with Crippen molar-refractivity contribution in [3.8, 4) is 0 Å². The predicted molar refractivity (Wildman–Crippen MR) is 110 cm³/mol. The van der Waals surface area contributed by atoms with Crippen molar-refractivity contribution >= 4 is 29.3 Å². The number of carbonyl (C=O) groups is 2. The van der Waals surface area contributed by atoms with Gasteiger partial charge in [0.05, 0.1) is 17.9 Å². The summed E-state index contributed by atoms with van der Waals surface area (Å²) in [6.07, 6.45) is 3.40. The molecular formula is C20H25N3O4S. The molecule has 1 amide bonds. The normalized spacial score (nSPS) is 10.5. The smallest absolute Gasteiger partial charge is 0.338 e. The fraction of sp³-hybridized carbons (Fsp3) is 0.400. The van der Waals surface area contributed by atoms with E-state index in [2.05, 4.69) is 15.3 Å². The average molecular weight is 404 g/mol. The molecule has 1 aromatic carbocycles. The van der Waals surface area contributed by atoms with Crippen molar-refractivity contribution in [3.05, 3.63) is 51.9 Å². The van der Waals surface area contributed by atoms with Crippen LogP contribution in [0.25, 0.3) is 0 Å². The summed E-state index contributed by atoms with van der Waals surface area (Å²) in [5, 5.41) is 3.18. The van der Waals surface area contributed by atoms with E-state index in [1.807, 2.05) is 13.8 Å². The molecule has 2 aromatic rings. The summed E-state index contributed by atoms with van der Waals surface area (Å²) in [4.78, 5) is 42.6. The molecule has 0 bridgehead atoms. The van der Waals surface area contributed by atoms with Gasteiger partial charge >= 0.3 is 5.97 Å². The SMILES string of the molecule is CCCCOC(=O)c1ccc(NC(=O)CSc2nc(CCC)cc(=O)[nH]2)cc1. The van der Waals surface area contributed by atoms with E-state index in [0.29, 0.717) is 23.0 Å². The first-order valence-electron chi connectivity index (χ1n) is 9.32. The number of hydrogen-bond acceptors (Lipinski definition) is 6. The maximum Gasteiger partial charge on any atom is 0.338 e.